The van der Waals surface area contributed by atoms with Crippen molar-refractivity contribution in [2.24, 2.45) is 0 Å². The van der Waals surface area contributed by atoms with Gasteiger partial charge in [0.05, 0.1) is 11.3 Å². The molecule has 5 heteroatoms. The lowest BCUT2D eigenvalue weighted by Crippen LogP contribution is -2.33. The van der Waals surface area contributed by atoms with Gasteiger partial charge in [0, 0.05) is 24.4 Å². The number of rotatable bonds is 5. The van der Waals surface area contributed by atoms with E-state index in [0.29, 0.717) is 23.5 Å². The predicted molar refractivity (Wildman–Crippen MR) is 80.8 cm³/mol. The maximum atomic E-state index is 12.1. The molecular formula is C16H19N3O2. The molecular weight excluding hydrogens is 266 g/mol. The van der Waals surface area contributed by atoms with Crippen LogP contribution < -0.4 is 5.32 Å². The monoisotopic (exact) mass is 285 g/mol. The molecule has 0 saturated carbocycles. The summed E-state index contributed by atoms with van der Waals surface area (Å²) in [6.07, 6.45) is 2.07. The fourth-order valence-electron chi connectivity index (χ4n) is 1.98. The molecule has 2 rings (SSSR count). The van der Waals surface area contributed by atoms with Crippen molar-refractivity contribution >= 4 is 5.91 Å². The van der Waals surface area contributed by atoms with Crippen LogP contribution in [0.3, 0.4) is 0 Å². The van der Waals surface area contributed by atoms with Gasteiger partial charge in [0.25, 0.3) is 5.91 Å². The summed E-state index contributed by atoms with van der Waals surface area (Å²) in [7, 11) is 0. The van der Waals surface area contributed by atoms with Gasteiger partial charge in [-0.25, -0.2) is 9.97 Å². The molecule has 1 amide bonds. The lowest BCUT2D eigenvalue weighted by molar-refractivity contribution is 0.0933. The maximum Gasteiger partial charge on any atom is 0.254 e. The average molecular weight is 285 g/mol. The number of hydrogen-bond donors (Lipinski definition) is 2. The summed E-state index contributed by atoms with van der Waals surface area (Å²) in [5.41, 5.74) is 2.01. The molecule has 0 aliphatic heterocycles. The SMILES string of the molecule is Cc1nc(-c2ccccc2)ncc1C(=O)NC(C)CCO. The normalized spacial score (nSPS) is 12.0. The lowest BCUT2D eigenvalue weighted by Gasteiger charge is -2.13. The van der Waals surface area contributed by atoms with Crippen molar-refractivity contribution < 1.29 is 9.90 Å². The summed E-state index contributed by atoms with van der Waals surface area (Å²) in [6, 6.07) is 9.54. The minimum absolute atomic E-state index is 0.0455. The van der Waals surface area contributed by atoms with Gasteiger partial charge in [-0.05, 0) is 20.3 Å². The van der Waals surface area contributed by atoms with Gasteiger partial charge in [0.2, 0.25) is 0 Å². The number of aliphatic hydroxyl groups is 1. The van der Waals surface area contributed by atoms with Crippen LogP contribution >= 0.6 is 0 Å². The Kier molecular flexibility index (Phi) is 5.00. The third-order valence-electron chi connectivity index (χ3n) is 3.20. The Morgan fingerprint density at radius 1 is 1.33 bits per heavy atom. The molecule has 1 aromatic carbocycles. The molecule has 1 aromatic heterocycles. The zero-order valence-electron chi connectivity index (χ0n) is 12.2. The van der Waals surface area contributed by atoms with Crippen LogP contribution in [0.25, 0.3) is 11.4 Å². The first-order chi connectivity index (χ1) is 10.1. The molecule has 0 bridgehead atoms. The number of carbonyl (C=O) groups excluding carboxylic acids is 1. The molecule has 1 atom stereocenters. The molecule has 0 radical (unpaired) electrons. The Morgan fingerprint density at radius 3 is 2.67 bits per heavy atom. The fraction of sp³-hybridized carbons (Fsp3) is 0.312. The smallest absolute Gasteiger partial charge is 0.254 e. The van der Waals surface area contributed by atoms with Crippen molar-refractivity contribution in [2.45, 2.75) is 26.3 Å². The fourth-order valence-corrected chi connectivity index (χ4v) is 1.98. The van der Waals surface area contributed by atoms with Gasteiger partial charge in [-0.15, -0.1) is 0 Å². The van der Waals surface area contributed by atoms with Crippen LogP contribution in [0.1, 0.15) is 29.4 Å². The van der Waals surface area contributed by atoms with Crippen molar-refractivity contribution in [3.63, 3.8) is 0 Å². The topological polar surface area (TPSA) is 75.1 Å². The van der Waals surface area contributed by atoms with E-state index in [1.54, 1.807) is 13.1 Å². The number of benzene rings is 1. The Bertz CT molecular complexity index is 614. The van der Waals surface area contributed by atoms with Gasteiger partial charge in [-0.2, -0.15) is 0 Å². The van der Waals surface area contributed by atoms with Gasteiger partial charge in [-0.3, -0.25) is 4.79 Å². The maximum absolute atomic E-state index is 12.1. The van der Waals surface area contributed by atoms with Crippen LogP contribution in [0, 0.1) is 6.92 Å². The molecule has 2 N–H and O–H groups in total. The lowest BCUT2D eigenvalue weighted by atomic mass is 10.1. The molecule has 21 heavy (non-hydrogen) atoms. The molecule has 5 nitrogen and oxygen atoms in total. The van der Waals surface area contributed by atoms with Gasteiger partial charge in [0.15, 0.2) is 5.82 Å². The molecule has 0 spiro atoms. The van der Waals surface area contributed by atoms with Gasteiger partial charge in [0.1, 0.15) is 0 Å². The predicted octanol–water partition coefficient (Wildman–Crippen LogP) is 1.95. The van der Waals surface area contributed by atoms with Crippen LogP contribution in [0.5, 0.6) is 0 Å². The number of aromatic nitrogens is 2. The number of nitrogens with zero attached hydrogens (tertiary/aromatic N) is 2. The Morgan fingerprint density at radius 2 is 2.05 bits per heavy atom. The minimum Gasteiger partial charge on any atom is -0.396 e. The molecule has 1 heterocycles. The van der Waals surface area contributed by atoms with Crippen molar-refractivity contribution in [3.05, 3.63) is 47.8 Å². The Labute approximate surface area is 124 Å². The third-order valence-corrected chi connectivity index (χ3v) is 3.20. The van der Waals surface area contributed by atoms with E-state index in [4.69, 9.17) is 5.11 Å². The van der Waals surface area contributed by atoms with E-state index in [2.05, 4.69) is 15.3 Å². The molecule has 0 fully saturated rings. The second-order valence-electron chi connectivity index (χ2n) is 4.95. The first-order valence-electron chi connectivity index (χ1n) is 6.92. The van der Waals surface area contributed by atoms with Crippen molar-refractivity contribution in [2.75, 3.05) is 6.61 Å². The summed E-state index contributed by atoms with van der Waals surface area (Å²) in [5, 5.41) is 11.7. The van der Waals surface area contributed by atoms with Gasteiger partial charge >= 0.3 is 0 Å². The zero-order chi connectivity index (χ0) is 15.2. The average Bonchev–Trinajstić information content (AvgIpc) is 2.48. The van der Waals surface area contributed by atoms with E-state index in [-0.39, 0.29) is 18.6 Å². The highest BCUT2D eigenvalue weighted by molar-refractivity contribution is 5.95. The highest BCUT2D eigenvalue weighted by Gasteiger charge is 2.14. The number of carbonyl (C=O) groups is 1. The first-order valence-corrected chi connectivity index (χ1v) is 6.92. The first kappa shape index (κ1) is 15.1. The van der Waals surface area contributed by atoms with E-state index in [9.17, 15) is 4.79 Å². The van der Waals surface area contributed by atoms with Crippen molar-refractivity contribution in [1.82, 2.24) is 15.3 Å². The van der Waals surface area contributed by atoms with Gasteiger partial charge < -0.3 is 10.4 Å². The van der Waals surface area contributed by atoms with Crippen molar-refractivity contribution in [3.8, 4) is 11.4 Å². The molecule has 1 unspecified atom stereocenters. The zero-order valence-corrected chi connectivity index (χ0v) is 12.2. The van der Waals surface area contributed by atoms with E-state index >= 15 is 0 Å². The van der Waals surface area contributed by atoms with Crippen LogP contribution in [0.4, 0.5) is 0 Å². The highest BCUT2D eigenvalue weighted by Crippen LogP contribution is 2.15. The molecule has 0 aliphatic carbocycles. The largest absolute Gasteiger partial charge is 0.396 e. The van der Waals surface area contributed by atoms with Crippen LogP contribution in [0.15, 0.2) is 36.5 Å². The molecule has 0 aliphatic rings. The second-order valence-corrected chi connectivity index (χ2v) is 4.95. The number of aryl methyl sites for hydroxylation is 1. The Balaban J connectivity index is 2.18. The standard InChI is InChI=1S/C16H19N3O2/c1-11(8-9-20)18-16(21)14-10-17-15(19-12(14)2)13-6-4-3-5-7-13/h3-7,10-11,20H,8-9H2,1-2H3,(H,18,21). The Hall–Kier alpha value is -2.27. The second kappa shape index (κ2) is 6.95. The number of nitrogens with one attached hydrogen (secondary N) is 1. The summed E-state index contributed by atoms with van der Waals surface area (Å²) < 4.78 is 0. The number of hydrogen-bond acceptors (Lipinski definition) is 4. The molecule has 2 aromatic rings. The van der Waals surface area contributed by atoms with Crippen LogP contribution in [-0.2, 0) is 0 Å². The van der Waals surface area contributed by atoms with E-state index in [1.807, 2.05) is 37.3 Å². The number of aliphatic hydroxyl groups excluding tert-OH is 1. The molecule has 0 saturated heterocycles. The van der Waals surface area contributed by atoms with E-state index < -0.39 is 0 Å². The van der Waals surface area contributed by atoms with E-state index in [0.717, 1.165) is 5.56 Å². The third kappa shape index (κ3) is 3.86. The highest BCUT2D eigenvalue weighted by atomic mass is 16.3. The van der Waals surface area contributed by atoms with E-state index in [1.165, 1.54) is 0 Å². The minimum atomic E-state index is -0.215. The summed E-state index contributed by atoms with van der Waals surface area (Å²) >= 11 is 0. The summed E-state index contributed by atoms with van der Waals surface area (Å²) in [6.45, 7) is 3.69. The van der Waals surface area contributed by atoms with Gasteiger partial charge in [-0.1, -0.05) is 30.3 Å². The van der Waals surface area contributed by atoms with Crippen LogP contribution in [0.2, 0.25) is 0 Å². The van der Waals surface area contributed by atoms with Crippen molar-refractivity contribution in [1.29, 1.82) is 0 Å². The number of amides is 1. The summed E-state index contributed by atoms with van der Waals surface area (Å²) in [5.74, 6) is 0.390. The molecule has 110 valence electrons. The summed E-state index contributed by atoms with van der Waals surface area (Å²) in [4.78, 5) is 20.8. The quantitative estimate of drug-likeness (QED) is 0.880. The van der Waals surface area contributed by atoms with Crippen LogP contribution in [-0.4, -0.2) is 33.6 Å².